The first-order chi connectivity index (χ1) is 18.7. The van der Waals surface area contributed by atoms with E-state index in [1.165, 1.54) is 30.2 Å². The number of nitro benzene ring substituents is 1. The normalized spacial score (nSPS) is 11.5. The Morgan fingerprint density at radius 2 is 1.74 bits per heavy atom. The van der Waals surface area contributed by atoms with Crippen molar-refractivity contribution >= 4 is 29.1 Å². The van der Waals surface area contributed by atoms with Crippen molar-refractivity contribution in [1.29, 1.82) is 0 Å². The van der Waals surface area contributed by atoms with Crippen LogP contribution in [-0.2, 0) is 22.6 Å². The number of benzene rings is 3. The van der Waals surface area contributed by atoms with Gasteiger partial charge in [0.2, 0.25) is 11.7 Å². The number of ether oxygens (including phenoxy) is 2. The maximum atomic E-state index is 13.7. The average Bonchev–Trinajstić information content (AvgIpc) is 2.93. The highest BCUT2D eigenvalue weighted by molar-refractivity contribution is 6.31. The molecule has 0 radical (unpaired) electrons. The van der Waals surface area contributed by atoms with E-state index >= 15 is 0 Å². The van der Waals surface area contributed by atoms with Gasteiger partial charge >= 0.3 is 5.69 Å². The summed E-state index contributed by atoms with van der Waals surface area (Å²) < 4.78 is 10.8. The van der Waals surface area contributed by atoms with E-state index in [4.69, 9.17) is 21.1 Å². The maximum absolute atomic E-state index is 13.7. The van der Waals surface area contributed by atoms with Gasteiger partial charge in [-0.2, -0.15) is 0 Å². The van der Waals surface area contributed by atoms with Gasteiger partial charge in [0, 0.05) is 36.7 Å². The molecule has 3 aromatic carbocycles. The lowest BCUT2D eigenvalue weighted by atomic mass is 10.0. The molecule has 0 spiro atoms. The molecule has 206 valence electrons. The second kappa shape index (κ2) is 14.2. The fourth-order valence-electron chi connectivity index (χ4n) is 3.91. The van der Waals surface area contributed by atoms with Gasteiger partial charge in [-0.3, -0.25) is 19.7 Å². The topological polar surface area (TPSA) is 111 Å². The summed E-state index contributed by atoms with van der Waals surface area (Å²) in [7, 11) is 1.31. The molecule has 0 saturated carbocycles. The standard InChI is InChI=1S/C29H32ClN3O6/c1-20(2)17-31-29(35)26(15-21-9-5-4-6-10-21)32(18-22-11-7-8-12-24(22)30)28(34)19-39-23-13-14-25(33(36)37)27(16-23)38-3/h4-14,16,20,26H,15,17-19H2,1-3H3,(H,31,35)/t26-/m0/s1. The molecule has 3 rings (SSSR count). The molecule has 0 aliphatic heterocycles. The van der Waals surface area contributed by atoms with Crippen molar-refractivity contribution in [1.82, 2.24) is 10.2 Å². The smallest absolute Gasteiger partial charge is 0.311 e. The zero-order valence-electron chi connectivity index (χ0n) is 22.1. The fraction of sp³-hybridized carbons (Fsp3) is 0.310. The molecule has 1 atom stereocenters. The molecule has 0 aliphatic carbocycles. The average molecular weight is 554 g/mol. The molecule has 3 aromatic rings. The summed E-state index contributed by atoms with van der Waals surface area (Å²) >= 11 is 6.43. The van der Waals surface area contributed by atoms with Gasteiger partial charge in [0.05, 0.1) is 12.0 Å². The number of carbonyl (C=O) groups excluding carboxylic acids is 2. The van der Waals surface area contributed by atoms with E-state index < -0.39 is 23.5 Å². The Hall–Kier alpha value is -4.11. The van der Waals surface area contributed by atoms with E-state index in [-0.39, 0.29) is 42.0 Å². The van der Waals surface area contributed by atoms with Crippen LogP contribution in [0.25, 0.3) is 0 Å². The third-order valence-electron chi connectivity index (χ3n) is 5.96. The number of hydrogen-bond donors (Lipinski definition) is 1. The fourth-order valence-corrected chi connectivity index (χ4v) is 4.11. The molecule has 0 aromatic heterocycles. The number of amides is 2. The van der Waals surface area contributed by atoms with Crippen molar-refractivity contribution in [2.24, 2.45) is 5.92 Å². The highest BCUT2D eigenvalue weighted by Gasteiger charge is 2.31. The largest absolute Gasteiger partial charge is 0.490 e. The number of carbonyl (C=O) groups is 2. The van der Waals surface area contributed by atoms with Crippen LogP contribution in [0, 0.1) is 16.0 Å². The summed E-state index contributed by atoms with van der Waals surface area (Å²) in [4.78, 5) is 39.3. The number of hydrogen-bond acceptors (Lipinski definition) is 6. The molecule has 10 heteroatoms. The third-order valence-corrected chi connectivity index (χ3v) is 6.33. The Balaban J connectivity index is 1.92. The van der Waals surface area contributed by atoms with Gasteiger partial charge in [0.25, 0.3) is 5.91 Å². The Bertz CT molecular complexity index is 1290. The summed E-state index contributed by atoms with van der Waals surface area (Å²) in [5, 5.41) is 14.6. The van der Waals surface area contributed by atoms with Crippen molar-refractivity contribution < 1.29 is 24.0 Å². The van der Waals surface area contributed by atoms with Crippen LogP contribution in [0.1, 0.15) is 25.0 Å². The number of nitrogens with zero attached hydrogens (tertiary/aromatic N) is 2. The molecule has 0 unspecified atom stereocenters. The van der Waals surface area contributed by atoms with Crippen LogP contribution >= 0.6 is 11.6 Å². The van der Waals surface area contributed by atoms with Crippen molar-refractivity contribution in [2.45, 2.75) is 32.9 Å². The van der Waals surface area contributed by atoms with Crippen LogP contribution in [-0.4, -0.2) is 47.9 Å². The lowest BCUT2D eigenvalue weighted by Gasteiger charge is -2.32. The number of nitrogens with one attached hydrogen (secondary N) is 1. The highest BCUT2D eigenvalue weighted by atomic mass is 35.5. The molecule has 0 bridgehead atoms. The minimum atomic E-state index is -0.843. The van der Waals surface area contributed by atoms with Gasteiger partial charge < -0.3 is 19.7 Å². The summed E-state index contributed by atoms with van der Waals surface area (Å²) in [5.74, 6) is -0.294. The van der Waals surface area contributed by atoms with Crippen LogP contribution in [0.2, 0.25) is 5.02 Å². The summed E-state index contributed by atoms with van der Waals surface area (Å²) in [6.45, 7) is 4.11. The molecule has 0 fully saturated rings. The second-order valence-corrected chi connectivity index (χ2v) is 9.74. The first-order valence-electron chi connectivity index (χ1n) is 12.5. The third kappa shape index (κ3) is 8.44. The summed E-state index contributed by atoms with van der Waals surface area (Å²) in [5.41, 5.74) is 1.35. The lowest BCUT2D eigenvalue weighted by Crippen LogP contribution is -2.52. The van der Waals surface area contributed by atoms with Gasteiger partial charge in [-0.15, -0.1) is 0 Å². The van der Waals surface area contributed by atoms with Crippen LogP contribution in [0.4, 0.5) is 5.69 Å². The van der Waals surface area contributed by atoms with Gasteiger partial charge in [-0.05, 0) is 29.2 Å². The molecular weight excluding hydrogens is 522 g/mol. The predicted octanol–water partition coefficient (Wildman–Crippen LogP) is 5.05. The van der Waals surface area contributed by atoms with E-state index in [9.17, 15) is 19.7 Å². The summed E-state index contributed by atoms with van der Waals surface area (Å²) in [6.07, 6.45) is 0.284. The first-order valence-corrected chi connectivity index (χ1v) is 12.9. The van der Waals surface area contributed by atoms with E-state index in [0.717, 1.165) is 5.56 Å². The number of rotatable bonds is 13. The molecule has 39 heavy (non-hydrogen) atoms. The van der Waals surface area contributed by atoms with Crippen molar-refractivity contribution in [3.8, 4) is 11.5 Å². The molecule has 0 heterocycles. The van der Waals surface area contributed by atoms with Crippen molar-refractivity contribution in [3.05, 3.63) is 99.1 Å². The number of halogens is 1. The minimum absolute atomic E-state index is 0.00731. The number of methoxy groups -OCH3 is 1. The van der Waals surface area contributed by atoms with Gasteiger partial charge in [0.15, 0.2) is 6.61 Å². The molecular formula is C29H32ClN3O6. The Kier molecular flexibility index (Phi) is 10.7. The SMILES string of the molecule is COc1cc(OCC(=O)N(Cc2ccccc2Cl)[C@@H](Cc2ccccc2)C(=O)NCC(C)C)ccc1[N+](=O)[O-]. The lowest BCUT2D eigenvalue weighted by molar-refractivity contribution is -0.385. The van der Waals surface area contributed by atoms with Crippen molar-refractivity contribution in [2.75, 3.05) is 20.3 Å². The second-order valence-electron chi connectivity index (χ2n) is 9.34. The molecule has 0 saturated heterocycles. The number of nitro groups is 1. The van der Waals surface area contributed by atoms with E-state index in [1.54, 1.807) is 18.2 Å². The molecule has 2 amide bonds. The van der Waals surface area contributed by atoms with Gasteiger partial charge in [-0.1, -0.05) is 74.0 Å². The van der Waals surface area contributed by atoms with Crippen LogP contribution < -0.4 is 14.8 Å². The van der Waals surface area contributed by atoms with Gasteiger partial charge in [0.1, 0.15) is 11.8 Å². The Morgan fingerprint density at radius 3 is 2.38 bits per heavy atom. The minimum Gasteiger partial charge on any atom is -0.490 e. The quantitative estimate of drug-likeness (QED) is 0.234. The Morgan fingerprint density at radius 1 is 1.05 bits per heavy atom. The van der Waals surface area contributed by atoms with Crippen LogP contribution in [0.15, 0.2) is 72.8 Å². The maximum Gasteiger partial charge on any atom is 0.311 e. The van der Waals surface area contributed by atoms with E-state index in [1.807, 2.05) is 50.2 Å². The molecule has 1 N–H and O–H groups in total. The highest BCUT2D eigenvalue weighted by Crippen LogP contribution is 2.31. The van der Waals surface area contributed by atoms with Crippen LogP contribution in [0.3, 0.4) is 0 Å². The van der Waals surface area contributed by atoms with Gasteiger partial charge in [-0.25, -0.2) is 0 Å². The predicted molar refractivity (Wildman–Crippen MR) is 149 cm³/mol. The molecule has 9 nitrogen and oxygen atoms in total. The first kappa shape index (κ1) is 29.4. The van der Waals surface area contributed by atoms with Crippen LogP contribution in [0.5, 0.6) is 11.5 Å². The zero-order chi connectivity index (χ0) is 28.4. The zero-order valence-corrected chi connectivity index (χ0v) is 22.9. The van der Waals surface area contributed by atoms with E-state index in [0.29, 0.717) is 17.1 Å². The molecule has 0 aliphatic rings. The Labute approximate surface area is 232 Å². The summed E-state index contributed by atoms with van der Waals surface area (Å²) in [6, 6.07) is 19.7. The monoisotopic (exact) mass is 553 g/mol. The van der Waals surface area contributed by atoms with E-state index in [2.05, 4.69) is 5.32 Å². The van der Waals surface area contributed by atoms with Crippen molar-refractivity contribution in [3.63, 3.8) is 0 Å².